The number of rotatable bonds is 2. The lowest BCUT2D eigenvalue weighted by Gasteiger charge is -2.17. The van der Waals surface area contributed by atoms with Crippen molar-refractivity contribution in [2.45, 2.75) is 17.9 Å². The van der Waals surface area contributed by atoms with Crippen LogP contribution >= 0.6 is 11.8 Å². The molecule has 2 aromatic rings. The van der Waals surface area contributed by atoms with Gasteiger partial charge in [0.1, 0.15) is 11.6 Å². The lowest BCUT2D eigenvalue weighted by molar-refractivity contribution is 0.106. The molecular weight excluding hydrogens is 290 g/mol. The Kier molecular flexibility index (Phi) is 4.03. The minimum absolute atomic E-state index is 0.0703. The maximum Gasteiger partial charge on any atom is 0.289 e. The lowest BCUT2D eigenvalue weighted by Crippen LogP contribution is -2.12. The topological polar surface area (TPSA) is 84.3 Å². The number of aromatic hydroxyl groups is 1. The van der Waals surface area contributed by atoms with E-state index in [0.29, 0.717) is 35.9 Å². The molecule has 7 heteroatoms. The predicted molar refractivity (Wildman–Crippen MR) is 78.4 cm³/mol. The molecule has 0 spiro atoms. The van der Waals surface area contributed by atoms with Crippen molar-refractivity contribution in [1.82, 2.24) is 9.97 Å². The van der Waals surface area contributed by atoms with Crippen molar-refractivity contribution in [2.75, 3.05) is 11.9 Å². The second kappa shape index (κ2) is 6.11. The maximum absolute atomic E-state index is 11.9. The van der Waals surface area contributed by atoms with Gasteiger partial charge in [-0.15, -0.1) is 0 Å². The smallest absolute Gasteiger partial charge is 0.289 e. The van der Waals surface area contributed by atoms with Gasteiger partial charge in [0.15, 0.2) is 0 Å². The molecule has 6 nitrogen and oxygen atoms in total. The third-order valence-electron chi connectivity index (χ3n) is 3.03. The molecule has 0 saturated heterocycles. The number of fused-ring (bicyclic) bond motifs is 1. The molecule has 3 rings (SSSR count). The highest BCUT2D eigenvalue weighted by molar-refractivity contribution is 8.14. The number of aromatic nitrogens is 2. The number of thioether (sulfide) groups is 1. The largest absolute Gasteiger partial charge is 0.506 e. The van der Waals surface area contributed by atoms with Crippen LogP contribution in [0.5, 0.6) is 5.75 Å². The zero-order chi connectivity index (χ0) is 14.7. The lowest BCUT2D eigenvalue weighted by atomic mass is 10.1. The number of ether oxygens (including phenoxy) is 1. The molecule has 108 valence electrons. The van der Waals surface area contributed by atoms with Gasteiger partial charge in [0.05, 0.1) is 23.8 Å². The first-order valence-corrected chi connectivity index (χ1v) is 7.23. The van der Waals surface area contributed by atoms with Gasteiger partial charge in [-0.2, -0.15) is 0 Å². The van der Waals surface area contributed by atoms with Gasteiger partial charge in [0.25, 0.3) is 5.24 Å². The van der Waals surface area contributed by atoms with E-state index in [-0.39, 0.29) is 11.0 Å². The Morgan fingerprint density at radius 1 is 1.38 bits per heavy atom. The number of amides is 1. The Hall–Kier alpha value is -2.12. The number of carbonyl (C=O) groups is 1. The van der Waals surface area contributed by atoms with E-state index in [4.69, 9.17) is 4.74 Å². The summed E-state index contributed by atoms with van der Waals surface area (Å²) in [5, 5.41) is 12.5. The van der Waals surface area contributed by atoms with Gasteiger partial charge in [-0.05, 0) is 23.9 Å². The fourth-order valence-electron chi connectivity index (χ4n) is 2.01. The molecule has 0 radical (unpaired) electrons. The molecule has 1 aliphatic rings. The molecule has 3 heterocycles. The van der Waals surface area contributed by atoms with Gasteiger partial charge in [-0.3, -0.25) is 9.78 Å². The highest BCUT2D eigenvalue weighted by Crippen LogP contribution is 2.35. The number of hydrogen-bond acceptors (Lipinski definition) is 6. The van der Waals surface area contributed by atoms with Gasteiger partial charge in [0, 0.05) is 24.4 Å². The van der Waals surface area contributed by atoms with E-state index in [1.54, 1.807) is 24.4 Å². The van der Waals surface area contributed by atoms with Gasteiger partial charge in [-0.25, -0.2) is 4.98 Å². The number of pyridine rings is 2. The fraction of sp³-hybridized carbons (Fsp3) is 0.214. The van der Waals surface area contributed by atoms with Crippen LogP contribution in [-0.2, 0) is 17.8 Å². The molecule has 1 amide bonds. The van der Waals surface area contributed by atoms with Gasteiger partial charge in [-0.1, -0.05) is 6.07 Å². The molecule has 0 saturated carbocycles. The molecule has 0 aromatic carbocycles. The molecule has 2 N–H and O–H groups in total. The average Bonchev–Trinajstić information content (AvgIpc) is 2.51. The van der Waals surface area contributed by atoms with Crippen molar-refractivity contribution >= 4 is 22.8 Å². The molecule has 0 aliphatic carbocycles. The van der Waals surface area contributed by atoms with E-state index in [0.717, 1.165) is 17.5 Å². The monoisotopic (exact) mass is 303 g/mol. The van der Waals surface area contributed by atoms with E-state index >= 15 is 0 Å². The summed E-state index contributed by atoms with van der Waals surface area (Å²) in [4.78, 5) is 20.6. The van der Waals surface area contributed by atoms with Crippen LogP contribution in [0.15, 0.2) is 35.5 Å². The highest BCUT2D eigenvalue weighted by atomic mass is 32.2. The first kappa shape index (κ1) is 13.8. The second-order valence-electron chi connectivity index (χ2n) is 4.43. The van der Waals surface area contributed by atoms with Crippen LogP contribution in [0.1, 0.15) is 11.3 Å². The van der Waals surface area contributed by atoms with Crippen LogP contribution in [0.25, 0.3) is 0 Å². The van der Waals surface area contributed by atoms with Crippen LogP contribution in [0.4, 0.5) is 10.6 Å². The molecule has 21 heavy (non-hydrogen) atoms. The Bertz CT molecular complexity index is 664. The first-order valence-electron chi connectivity index (χ1n) is 6.41. The van der Waals surface area contributed by atoms with Crippen molar-refractivity contribution in [3.05, 3.63) is 41.9 Å². The normalized spacial score (nSPS) is 13.5. The standard InChI is InChI=1S/C14H13N3O3S/c18-13-9-8-20-6-4-10(9)16-7-11(13)21-14(19)17-12-3-1-2-5-15-12/h1-3,5,7H,4,6,8H2,(H,16,18)(H,15,17,19). The Balaban J connectivity index is 1.74. The number of nitrogens with one attached hydrogen (secondary N) is 1. The van der Waals surface area contributed by atoms with Crippen LogP contribution in [0.3, 0.4) is 0 Å². The Labute approximate surface area is 125 Å². The maximum atomic E-state index is 11.9. The van der Waals surface area contributed by atoms with Crippen LogP contribution < -0.4 is 5.32 Å². The van der Waals surface area contributed by atoms with Crippen molar-refractivity contribution in [2.24, 2.45) is 0 Å². The van der Waals surface area contributed by atoms with Gasteiger partial charge >= 0.3 is 0 Å². The van der Waals surface area contributed by atoms with Crippen molar-refractivity contribution in [3.8, 4) is 5.75 Å². The van der Waals surface area contributed by atoms with Crippen molar-refractivity contribution in [1.29, 1.82) is 0 Å². The van der Waals surface area contributed by atoms with Gasteiger partial charge < -0.3 is 15.2 Å². The zero-order valence-corrected chi connectivity index (χ0v) is 11.9. The van der Waals surface area contributed by atoms with E-state index in [9.17, 15) is 9.90 Å². The van der Waals surface area contributed by atoms with Crippen molar-refractivity contribution in [3.63, 3.8) is 0 Å². The summed E-state index contributed by atoms with van der Waals surface area (Å²) in [7, 11) is 0. The van der Waals surface area contributed by atoms with Crippen molar-refractivity contribution < 1.29 is 14.6 Å². The molecule has 0 bridgehead atoms. The number of hydrogen-bond donors (Lipinski definition) is 2. The molecule has 0 unspecified atom stereocenters. The summed E-state index contributed by atoms with van der Waals surface area (Å²) in [5.74, 6) is 0.532. The Morgan fingerprint density at radius 2 is 2.29 bits per heavy atom. The van der Waals surface area contributed by atoms with Crippen LogP contribution in [0.2, 0.25) is 0 Å². The molecule has 0 fully saturated rings. The third-order valence-corrected chi connectivity index (χ3v) is 3.84. The molecule has 1 aliphatic heterocycles. The fourth-order valence-corrected chi connectivity index (χ4v) is 2.69. The van der Waals surface area contributed by atoms with Gasteiger partial charge in [0.2, 0.25) is 0 Å². The minimum atomic E-state index is -0.331. The number of anilines is 1. The summed E-state index contributed by atoms with van der Waals surface area (Å²) in [6.45, 7) is 0.927. The SMILES string of the molecule is O=C(Nc1ccccn1)Sc1cnc2c(c1O)COCC2. The summed E-state index contributed by atoms with van der Waals surface area (Å²) < 4.78 is 5.31. The molecule has 2 aromatic heterocycles. The number of carbonyl (C=O) groups excluding carboxylic acids is 1. The van der Waals surface area contributed by atoms with E-state index in [2.05, 4.69) is 15.3 Å². The highest BCUT2D eigenvalue weighted by Gasteiger charge is 2.19. The quantitative estimate of drug-likeness (QED) is 0.830. The summed E-state index contributed by atoms with van der Waals surface area (Å²) in [6.07, 6.45) is 3.78. The third kappa shape index (κ3) is 3.14. The second-order valence-corrected chi connectivity index (χ2v) is 5.44. The summed E-state index contributed by atoms with van der Waals surface area (Å²) in [5.41, 5.74) is 1.49. The summed E-state index contributed by atoms with van der Waals surface area (Å²) >= 11 is 0.880. The van der Waals surface area contributed by atoms with E-state index < -0.39 is 0 Å². The predicted octanol–water partition coefficient (Wildman–Crippen LogP) is 2.58. The summed E-state index contributed by atoms with van der Waals surface area (Å²) in [6, 6.07) is 5.24. The zero-order valence-electron chi connectivity index (χ0n) is 11.1. The molecular formula is C14H13N3O3S. The van der Waals surface area contributed by atoms with Crippen LogP contribution in [-0.4, -0.2) is 26.9 Å². The van der Waals surface area contributed by atoms with E-state index in [1.807, 2.05) is 0 Å². The average molecular weight is 303 g/mol. The Morgan fingerprint density at radius 3 is 3.10 bits per heavy atom. The number of nitrogens with zero attached hydrogens (tertiary/aromatic N) is 2. The first-order chi connectivity index (χ1) is 10.2. The minimum Gasteiger partial charge on any atom is -0.506 e. The molecule has 0 atom stereocenters. The van der Waals surface area contributed by atoms with E-state index in [1.165, 1.54) is 6.20 Å². The van der Waals surface area contributed by atoms with Crippen LogP contribution in [0, 0.1) is 0 Å².